The summed E-state index contributed by atoms with van der Waals surface area (Å²) < 4.78 is 44.8. The maximum absolute atomic E-state index is 14.3. The molecule has 38 heavy (non-hydrogen) atoms. The molecule has 0 radical (unpaired) electrons. The number of aliphatic hydroxyl groups is 1. The molecule has 3 N–H and O–H groups in total. The van der Waals surface area contributed by atoms with Crippen LogP contribution in [0.1, 0.15) is 13.8 Å². The molecule has 10 nitrogen and oxygen atoms in total. The zero-order valence-electron chi connectivity index (χ0n) is 21.3. The van der Waals surface area contributed by atoms with E-state index in [2.05, 4.69) is 15.6 Å². The Morgan fingerprint density at radius 2 is 1.89 bits per heavy atom. The van der Waals surface area contributed by atoms with Crippen molar-refractivity contribution in [3.63, 3.8) is 0 Å². The summed E-state index contributed by atoms with van der Waals surface area (Å²) in [6, 6.07) is 11.5. The highest BCUT2D eigenvalue weighted by Crippen LogP contribution is 2.32. The number of carbonyl (C=O) groups is 1. The fourth-order valence-electron chi connectivity index (χ4n) is 4.04. The molecule has 0 bridgehead atoms. The third-order valence-electron chi connectivity index (χ3n) is 5.95. The first-order chi connectivity index (χ1) is 18.0. The SMILES string of the molecule is C[C@H](O)CNC(=O)Nc1ccc(-c2cc(-c3cc(F)ccc3S(C)(=O)=O)nc(N3CCOC[C@@H]3C)n2)cc1. The third kappa shape index (κ3) is 6.63. The highest BCUT2D eigenvalue weighted by atomic mass is 32.2. The van der Waals surface area contributed by atoms with Gasteiger partial charge in [0.05, 0.1) is 41.6 Å². The van der Waals surface area contributed by atoms with Crippen molar-refractivity contribution >= 4 is 27.5 Å². The lowest BCUT2D eigenvalue weighted by molar-refractivity contribution is 0.0981. The summed E-state index contributed by atoms with van der Waals surface area (Å²) in [6.07, 6.45) is 0.402. The van der Waals surface area contributed by atoms with E-state index in [0.29, 0.717) is 42.7 Å². The number of rotatable bonds is 7. The maximum Gasteiger partial charge on any atom is 0.319 e. The van der Waals surface area contributed by atoms with Crippen LogP contribution in [0.5, 0.6) is 0 Å². The number of anilines is 2. The Bertz CT molecular complexity index is 1420. The number of nitrogens with one attached hydrogen (secondary N) is 2. The second-order valence-corrected chi connectivity index (χ2v) is 11.2. The van der Waals surface area contributed by atoms with Crippen molar-refractivity contribution in [1.82, 2.24) is 15.3 Å². The van der Waals surface area contributed by atoms with Gasteiger partial charge in [0.25, 0.3) is 0 Å². The van der Waals surface area contributed by atoms with E-state index in [0.717, 1.165) is 18.4 Å². The van der Waals surface area contributed by atoms with Gasteiger partial charge in [0.2, 0.25) is 5.95 Å². The lowest BCUT2D eigenvalue weighted by atomic mass is 10.1. The van der Waals surface area contributed by atoms with E-state index in [1.807, 2.05) is 11.8 Å². The fourth-order valence-corrected chi connectivity index (χ4v) is 4.92. The number of hydrogen-bond donors (Lipinski definition) is 3. The predicted octanol–water partition coefficient (Wildman–Crippen LogP) is 3.08. The van der Waals surface area contributed by atoms with Gasteiger partial charge >= 0.3 is 6.03 Å². The van der Waals surface area contributed by atoms with Crippen LogP contribution in [0, 0.1) is 5.82 Å². The summed E-state index contributed by atoms with van der Waals surface area (Å²) in [7, 11) is -3.67. The van der Waals surface area contributed by atoms with Crippen LogP contribution in [0.15, 0.2) is 53.4 Å². The number of halogens is 1. The van der Waals surface area contributed by atoms with Crippen LogP contribution in [-0.4, -0.2) is 74.2 Å². The monoisotopic (exact) mass is 543 g/mol. The highest BCUT2D eigenvalue weighted by molar-refractivity contribution is 7.90. The van der Waals surface area contributed by atoms with Crippen molar-refractivity contribution in [2.45, 2.75) is 30.9 Å². The fraction of sp³-hybridized carbons (Fsp3) is 0.346. The van der Waals surface area contributed by atoms with Gasteiger partial charge in [-0.15, -0.1) is 0 Å². The van der Waals surface area contributed by atoms with Gasteiger partial charge in [-0.1, -0.05) is 12.1 Å². The molecule has 1 aliphatic heterocycles. The largest absolute Gasteiger partial charge is 0.392 e. The summed E-state index contributed by atoms with van der Waals surface area (Å²) in [4.78, 5) is 23.3. The number of ether oxygens (including phenoxy) is 1. The van der Waals surface area contributed by atoms with Crippen molar-refractivity contribution in [2.75, 3.05) is 42.8 Å². The number of urea groups is 1. The van der Waals surface area contributed by atoms with Gasteiger partial charge < -0.3 is 25.4 Å². The van der Waals surface area contributed by atoms with E-state index in [1.54, 1.807) is 37.3 Å². The lowest BCUT2D eigenvalue weighted by Gasteiger charge is -2.33. The second-order valence-electron chi connectivity index (χ2n) is 9.23. The molecule has 0 spiro atoms. The molecular formula is C26H30FN5O5S. The Balaban J connectivity index is 1.75. The van der Waals surface area contributed by atoms with Crippen LogP contribution in [0.3, 0.4) is 0 Å². The maximum atomic E-state index is 14.3. The minimum Gasteiger partial charge on any atom is -0.392 e. The number of benzene rings is 2. The minimum atomic E-state index is -3.67. The number of carbonyl (C=O) groups excluding carboxylic acids is 1. The number of aliphatic hydroxyl groups excluding tert-OH is 1. The van der Waals surface area contributed by atoms with Crippen molar-refractivity contribution < 1.29 is 27.4 Å². The molecule has 0 saturated carbocycles. The van der Waals surface area contributed by atoms with Gasteiger partial charge in [-0.25, -0.2) is 27.6 Å². The number of morpholine rings is 1. The third-order valence-corrected chi connectivity index (χ3v) is 7.11. The number of sulfone groups is 1. The first kappa shape index (κ1) is 27.4. The topological polar surface area (TPSA) is 134 Å². The Kier molecular flexibility index (Phi) is 8.24. The number of amides is 2. The lowest BCUT2D eigenvalue weighted by Crippen LogP contribution is -2.44. The van der Waals surface area contributed by atoms with Crippen LogP contribution in [0.25, 0.3) is 22.5 Å². The molecule has 2 aromatic carbocycles. The second kappa shape index (κ2) is 11.4. The Morgan fingerprint density at radius 1 is 1.18 bits per heavy atom. The van der Waals surface area contributed by atoms with Crippen molar-refractivity contribution in [3.05, 3.63) is 54.3 Å². The Labute approximate surface area is 220 Å². The van der Waals surface area contributed by atoms with Gasteiger partial charge in [-0.3, -0.25) is 0 Å². The number of hydrogen-bond acceptors (Lipinski definition) is 8. The zero-order chi connectivity index (χ0) is 27.4. The van der Waals surface area contributed by atoms with E-state index in [4.69, 9.17) is 9.72 Å². The Hall–Kier alpha value is -3.61. The molecule has 1 fully saturated rings. The van der Waals surface area contributed by atoms with Crippen LogP contribution < -0.4 is 15.5 Å². The van der Waals surface area contributed by atoms with E-state index in [1.165, 1.54) is 6.07 Å². The number of aromatic nitrogens is 2. The van der Waals surface area contributed by atoms with Crippen LogP contribution >= 0.6 is 0 Å². The van der Waals surface area contributed by atoms with Gasteiger partial charge in [0.1, 0.15) is 5.82 Å². The van der Waals surface area contributed by atoms with E-state index in [9.17, 15) is 22.7 Å². The number of nitrogens with zero attached hydrogens (tertiary/aromatic N) is 3. The molecule has 1 aromatic heterocycles. The first-order valence-electron chi connectivity index (χ1n) is 12.1. The van der Waals surface area contributed by atoms with Crippen LogP contribution in [0.2, 0.25) is 0 Å². The molecule has 1 aliphatic rings. The van der Waals surface area contributed by atoms with E-state index < -0.39 is 27.8 Å². The Morgan fingerprint density at radius 3 is 2.55 bits per heavy atom. The molecule has 202 valence electrons. The average Bonchev–Trinajstić information content (AvgIpc) is 2.87. The zero-order valence-corrected chi connectivity index (χ0v) is 22.1. The van der Waals surface area contributed by atoms with Gasteiger partial charge in [0, 0.05) is 36.2 Å². The molecule has 0 unspecified atom stereocenters. The summed E-state index contributed by atoms with van der Waals surface area (Å²) >= 11 is 0. The molecule has 12 heteroatoms. The van der Waals surface area contributed by atoms with Crippen molar-refractivity contribution in [1.29, 1.82) is 0 Å². The average molecular weight is 544 g/mol. The van der Waals surface area contributed by atoms with Gasteiger partial charge in [-0.2, -0.15) is 0 Å². The predicted molar refractivity (Wildman–Crippen MR) is 142 cm³/mol. The molecule has 2 heterocycles. The molecular weight excluding hydrogens is 513 g/mol. The van der Waals surface area contributed by atoms with Crippen molar-refractivity contribution in [3.8, 4) is 22.5 Å². The molecule has 0 aliphatic carbocycles. The molecule has 2 amide bonds. The molecule has 2 atom stereocenters. The molecule has 1 saturated heterocycles. The summed E-state index contributed by atoms with van der Waals surface area (Å²) in [5.74, 6) is -0.213. The minimum absolute atomic E-state index is 0.0273. The smallest absolute Gasteiger partial charge is 0.319 e. The van der Waals surface area contributed by atoms with Gasteiger partial charge in [-0.05, 0) is 50.2 Å². The van der Waals surface area contributed by atoms with Crippen LogP contribution in [0.4, 0.5) is 20.8 Å². The summed E-state index contributed by atoms with van der Waals surface area (Å²) in [6.45, 7) is 5.17. The van der Waals surface area contributed by atoms with Crippen LogP contribution in [-0.2, 0) is 14.6 Å². The van der Waals surface area contributed by atoms with E-state index in [-0.39, 0.29) is 28.7 Å². The van der Waals surface area contributed by atoms with E-state index >= 15 is 0 Å². The molecule has 4 rings (SSSR count). The normalized spacial score (nSPS) is 16.7. The highest BCUT2D eigenvalue weighted by Gasteiger charge is 2.24. The first-order valence-corrected chi connectivity index (χ1v) is 14.0. The van der Waals surface area contributed by atoms with Crippen molar-refractivity contribution in [2.24, 2.45) is 0 Å². The van der Waals surface area contributed by atoms with Gasteiger partial charge in [0.15, 0.2) is 9.84 Å². The summed E-state index contributed by atoms with van der Waals surface area (Å²) in [5.41, 5.74) is 2.12. The summed E-state index contributed by atoms with van der Waals surface area (Å²) in [5, 5.41) is 14.6. The molecule has 3 aromatic rings. The standard InChI is InChI=1S/C26H30FN5O5S/c1-16-15-37-11-10-32(16)25-30-22(18-4-7-20(8-5-18)29-26(34)28-14-17(2)33)13-23(31-25)21-12-19(27)6-9-24(21)38(3,35)36/h4-9,12-13,16-17,33H,10-11,14-15H2,1-3H3,(H2,28,29,34)/t16-,17-/m0/s1. The quantitative estimate of drug-likeness (QED) is 0.387.